The predicted octanol–water partition coefficient (Wildman–Crippen LogP) is 4.34. The normalized spacial score (nSPS) is 12.5. The summed E-state index contributed by atoms with van der Waals surface area (Å²) in [5.74, 6) is -3.54. The third kappa shape index (κ3) is 5.18. The summed E-state index contributed by atoms with van der Waals surface area (Å²) in [5.41, 5.74) is 0.932. The third-order valence-electron chi connectivity index (χ3n) is 3.99. The number of hydrogen-bond acceptors (Lipinski definition) is 8. The molecular weight excluding hydrogens is 463 g/mol. The van der Waals surface area contributed by atoms with Crippen molar-refractivity contribution in [2.45, 2.75) is 19.1 Å². The lowest BCUT2D eigenvalue weighted by atomic mass is 10.1. The topological polar surface area (TPSA) is 94.1 Å². The zero-order valence-corrected chi connectivity index (χ0v) is 17.1. The molecular formula is C18H14ClF5N6O2. The third-order valence-corrected chi connectivity index (χ3v) is 4.26. The highest BCUT2D eigenvalue weighted by Gasteiger charge is 2.37. The number of alkyl halides is 3. The minimum Gasteiger partial charge on any atom is -0.358 e. The molecule has 170 valence electrons. The predicted molar refractivity (Wildman–Crippen MR) is 103 cm³/mol. The maximum absolute atomic E-state index is 14.8. The molecule has 0 saturated heterocycles. The van der Waals surface area contributed by atoms with E-state index in [0.717, 1.165) is 19.1 Å². The molecule has 0 unspecified atom stereocenters. The van der Waals surface area contributed by atoms with Crippen molar-refractivity contribution in [3.8, 4) is 28.4 Å². The Morgan fingerprint density at radius 3 is 2.31 bits per heavy atom. The second kappa shape index (κ2) is 9.54. The van der Waals surface area contributed by atoms with E-state index in [-0.39, 0.29) is 17.3 Å². The summed E-state index contributed by atoms with van der Waals surface area (Å²) in [4.78, 5) is 24.7. The van der Waals surface area contributed by atoms with E-state index in [9.17, 15) is 22.0 Å². The van der Waals surface area contributed by atoms with Crippen molar-refractivity contribution in [1.82, 2.24) is 25.4 Å². The number of hydroxylamine groups is 1. The molecule has 2 N–H and O–H groups in total. The monoisotopic (exact) mass is 476 g/mol. The molecule has 3 aromatic rings. The molecule has 8 nitrogen and oxygen atoms in total. The van der Waals surface area contributed by atoms with E-state index in [1.54, 1.807) is 0 Å². The lowest BCUT2D eigenvalue weighted by molar-refractivity contribution is -0.251. The first kappa shape index (κ1) is 23.5. The van der Waals surface area contributed by atoms with Crippen LogP contribution in [-0.2, 0) is 4.99 Å². The molecule has 0 aliphatic carbocycles. The molecule has 2 aromatic heterocycles. The van der Waals surface area contributed by atoms with E-state index < -0.39 is 46.0 Å². The van der Waals surface area contributed by atoms with Crippen LogP contribution in [0.2, 0.25) is 5.15 Å². The molecule has 0 aliphatic heterocycles. The van der Waals surface area contributed by atoms with E-state index in [4.69, 9.17) is 11.6 Å². The molecule has 0 aliphatic rings. The number of hydrogen-bond donors (Lipinski definition) is 2. The fourth-order valence-corrected chi connectivity index (χ4v) is 2.77. The fraction of sp³-hybridized carbons (Fsp3) is 0.222. The molecule has 1 atom stereocenters. The highest BCUT2D eigenvalue weighted by Crippen LogP contribution is 2.39. The average Bonchev–Trinajstić information content (AvgIpc) is 2.73. The van der Waals surface area contributed by atoms with Gasteiger partial charge >= 0.3 is 6.18 Å². The van der Waals surface area contributed by atoms with Crippen LogP contribution in [0.25, 0.3) is 22.6 Å². The molecule has 0 radical (unpaired) electrons. The van der Waals surface area contributed by atoms with Crippen molar-refractivity contribution in [2.75, 3.05) is 12.4 Å². The van der Waals surface area contributed by atoms with E-state index in [1.165, 1.54) is 25.6 Å². The first-order chi connectivity index (χ1) is 15.1. The molecule has 0 bridgehead atoms. The van der Waals surface area contributed by atoms with Crippen LogP contribution in [-0.4, -0.2) is 39.2 Å². The molecule has 0 amide bonds. The standard InChI is InChI=1S/C18H14ClF5N6O2/c1-8(18(22,23)24)28-17-14(13-10(20)5-9(6-11(13)21)31-32-25-2)15(19)29-16(30-17)12-7-26-3-4-27-12/h3-8,25H,1-2H3,(H,28,29,30)/t8-/m0/s1. The van der Waals surface area contributed by atoms with Crippen LogP contribution in [0.15, 0.2) is 30.7 Å². The average molecular weight is 477 g/mol. The van der Waals surface area contributed by atoms with Crippen LogP contribution in [0.1, 0.15) is 6.92 Å². The summed E-state index contributed by atoms with van der Waals surface area (Å²) in [6.45, 7) is 0.806. The van der Waals surface area contributed by atoms with Crippen molar-refractivity contribution >= 4 is 17.4 Å². The minimum absolute atomic E-state index is 0.0811. The van der Waals surface area contributed by atoms with Crippen LogP contribution in [0, 0.1) is 11.6 Å². The van der Waals surface area contributed by atoms with E-state index in [0.29, 0.717) is 0 Å². The van der Waals surface area contributed by atoms with Gasteiger partial charge in [-0.3, -0.25) is 4.98 Å². The Morgan fingerprint density at radius 2 is 1.75 bits per heavy atom. The maximum Gasteiger partial charge on any atom is 0.408 e. The molecule has 32 heavy (non-hydrogen) atoms. The number of rotatable bonds is 7. The van der Waals surface area contributed by atoms with Crippen molar-refractivity contribution in [1.29, 1.82) is 0 Å². The Morgan fingerprint density at radius 1 is 1.06 bits per heavy atom. The number of aromatic nitrogens is 4. The number of nitrogens with one attached hydrogen (secondary N) is 2. The Balaban J connectivity index is 2.18. The summed E-state index contributed by atoms with van der Waals surface area (Å²) in [5, 5.41) is 1.58. The van der Waals surface area contributed by atoms with Crippen LogP contribution >= 0.6 is 11.6 Å². The van der Waals surface area contributed by atoms with E-state index in [1.807, 2.05) is 0 Å². The molecule has 0 spiro atoms. The molecule has 0 fully saturated rings. The van der Waals surface area contributed by atoms with Crippen molar-refractivity contribution < 1.29 is 31.8 Å². The fourth-order valence-electron chi connectivity index (χ4n) is 2.50. The Bertz CT molecular complexity index is 1080. The SMILES string of the molecule is CNOOc1cc(F)c(-c2c(Cl)nc(-c3cnccn3)nc2N[C@@H](C)C(F)(F)F)c(F)c1. The van der Waals surface area contributed by atoms with E-state index in [2.05, 4.69) is 40.6 Å². The van der Waals surface area contributed by atoms with Gasteiger partial charge < -0.3 is 10.2 Å². The van der Waals surface area contributed by atoms with Crippen LogP contribution in [0.5, 0.6) is 5.75 Å². The first-order valence-electron chi connectivity index (χ1n) is 8.78. The summed E-state index contributed by atoms with van der Waals surface area (Å²) in [6, 6.07) is -0.640. The van der Waals surface area contributed by atoms with Crippen molar-refractivity contribution in [2.24, 2.45) is 0 Å². The molecule has 0 saturated carbocycles. The molecule has 3 rings (SSSR count). The smallest absolute Gasteiger partial charge is 0.358 e. The molecule has 2 heterocycles. The van der Waals surface area contributed by atoms with Gasteiger partial charge in [-0.05, 0) is 6.92 Å². The Kier molecular flexibility index (Phi) is 7.01. The maximum atomic E-state index is 14.8. The lowest BCUT2D eigenvalue weighted by Gasteiger charge is -2.21. The minimum atomic E-state index is -4.69. The lowest BCUT2D eigenvalue weighted by Crippen LogP contribution is -2.33. The number of halogens is 6. The van der Waals surface area contributed by atoms with Crippen LogP contribution < -0.4 is 15.7 Å². The summed E-state index contributed by atoms with van der Waals surface area (Å²) in [7, 11) is 1.34. The number of anilines is 1. The van der Waals surface area contributed by atoms with Gasteiger partial charge in [-0.25, -0.2) is 23.7 Å². The highest BCUT2D eigenvalue weighted by molar-refractivity contribution is 6.32. The molecule has 14 heteroatoms. The van der Waals surface area contributed by atoms with Gasteiger partial charge in [0.05, 0.1) is 17.3 Å². The van der Waals surface area contributed by atoms with Crippen LogP contribution in [0.3, 0.4) is 0 Å². The van der Waals surface area contributed by atoms with Gasteiger partial charge in [0.25, 0.3) is 0 Å². The summed E-state index contributed by atoms with van der Waals surface area (Å²) < 4.78 is 69.1. The van der Waals surface area contributed by atoms with Gasteiger partial charge in [0.1, 0.15) is 34.3 Å². The van der Waals surface area contributed by atoms with Gasteiger partial charge in [-0.1, -0.05) is 16.6 Å². The number of nitrogens with zero attached hydrogens (tertiary/aromatic N) is 4. The second-order valence-electron chi connectivity index (χ2n) is 6.19. The Hall–Kier alpha value is -3.16. The zero-order valence-electron chi connectivity index (χ0n) is 16.3. The number of benzene rings is 1. The zero-order chi connectivity index (χ0) is 23.5. The van der Waals surface area contributed by atoms with Crippen molar-refractivity contribution in [3.05, 3.63) is 47.5 Å². The van der Waals surface area contributed by atoms with Gasteiger partial charge in [0.15, 0.2) is 11.6 Å². The first-order valence-corrected chi connectivity index (χ1v) is 9.16. The quantitative estimate of drug-likeness (QED) is 0.225. The van der Waals surface area contributed by atoms with E-state index >= 15 is 0 Å². The molecule has 1 aromatic carbocycles. The van der Waals surface area contributed by atoms with Gasteiger partial charge in [0.2, 0.25) is 0 Å². The van der Waals surface area contributed by atoms with Gasteiger partial charge in [0, 0.05) is 31.6 Å². The summed E-state index contributed by atoms with van der Waals surface area (Å²) in [6.07, 6.45) is -0.786. The highest BCUT2D eigenvalue weighted by atomic mass is 35.5. The Labute approximate surface area is 182 Å². The van der Waals surface area contributed by atoms with Crippen LogP contribution in [0.4, 0.5) is 27.8 Å². The van der Waals surface area contributed by atoms with Gasteiger partial charge in [-0.2, -0.15) is 18.7 Å². The van der Waals surface area contributed by atoms with Gasteiger partial charge in [-0.15, -0.1) is 0 Å². The van der Waals surface area contributed by atoms with Crippen molar-refractivity contribution in [3.63, 3.8) is 0 Å². The largest absolute Gasteiger partial charge is 0.408 e. The summed E-state index contributed by atoms with van der Waals surface area (Å²) >= 11 is 6.16. The second-order valence-corrected chi connectivity index (χ2v) is 6.55.